The van der Waals surface area contributed by atoms with Gasteiger partial charge >= 0.3 is 6.18 Å². The van der Waals surface area contributed by atoms with Crippen molar-refractivity contribution in [2.45, 2.75) is 16.0 Å². The van der Waals surface area contributed by atoms with Crippen LogP contribution < -0.4 is 14.9 Å². The molecule has 0 spiro atoms. The molecule has 0 unspecified atom stereocenters. The summed E-state index contributed by atoms with van der Waals surface area (Å²) in [5.41, 5.74) is 0.869. The number of hydrogen-bond acceptors (Lipinski definition) is 8. The van der Waals surface area contributed by atoms with Crippen molar-refractivity contribution in [2.75, 3.05) is 44.4 Å². The minimum atomic E-state index is -4.84. The standard InChI is InChI=1S/C23H24F3N5O4S2/c1-27-37(34,35)18-9-3-15(4-10-18)19-20(16-5-7-17(8-6-16)36(2,32)33)29-22(23(24,25)26)30-21(19)31-13-11-28-12-14-31/h3-10,27-28H,11-14H2,1-2H3. The second kappa shape index (κ2) is 10.0. The number of nitrogens with one attached hydrogen (secondary N) is 2. The van der Waals surface area contributed by atoms with Crippen molar-refractivity contribution in [1.29, 1.82) is 0 Å². The molecule has 9 nitrogen and oxygen atoms in total. The number of sulfonamides is 1. The van der Waals surface area contributed by atoms with Gasteiger partial charge in [-0.15, -0.1) is 0 Å². The topological polar surface area (TPSA) is 121 Å². The van der Waals surface area contributed by atoms with Crippen molar-refractivity contribution >= 4 is 25.7 Å². The Hall–Kier alpha value is -3.07. The van der Waals surface area contributed by atoms with Crippen molar-refractivity contribution in [3.63, 3.8) is 0 Å². The highest BCUT2D eigenvalue weighted by atomic mass is 32.2. The van der Waals surface area contributed by atoms with Gasteiger partial charge in [0, 0.05) is 38.0 Å². The van der Waals surface area contributed by atoms with E-state index in [2.05, 4.69) is 20.0 Å². The molecule has 1 aliphatic rings. The zero-order valence-electron chi connectivity index (χ0n) is 19.9. The van der Waals surface area contributed by atoms with Crippen LogP contribution in [0.15, 0.2) is 58.3 Å². The monoisotopic (exact) mass is 555 g/mol. The zero-order chi connectivity index (χ0) is 27.0. The van der Waals surface area contributed by atoms with Crippen LogP contribution in [0.1, 0.15) is 5.82 Å². The number of rotatable bonds is 6. The summed E-state index contributed by atoms with van der Waals surface area (Å²) in [4.78, 5) is 9.48. The van der Waals surface area contributed by atoms with Gasteiger partial charge in [-0.3, -0.25) is 0 Å². The van der Waals surface area contributed by atoms with Crippen LogP contribution in [0.3, 0.4) is 0 Å². The molecule has 1 fully saturated rings. The summed E-state index contributed by atoms with van der Waals surface area (Å²) in [6.45, 7) is 1.84. The zero-order valence-corrected chi connectivity index (χ0v) is 21.5. The molecule has 0 atom stereocenters. The van der Waals surface area contributed by atoms with E-state index in [4.69, 9.17) is 0 Å². The molecule has 37 heavy (non-hydrogen) atoms. The van der Waals surface area contributed by atoms with Crippen LogP contribution in [0.25, 0.3) is 22.4 Å². The van der Waals surface area contributed by atoms with Crippen LogP contribution in [-0.2, 0) is 26.0 Å². The molecular formula is C23H24F3N5O4S2. The molecule has 1 aromatic heterocycles. The third kappa shape index (κ3) is 5.76. The number of hydrogen-bond donors (Lipinski definition) is 2. The third-order valence-electron chi connectivity index (χ3n) is 5.84. The van der Waals surface area contributed by atoms with Gasteiger partial charge in [-0.25, -0.2) is 31.5 Å². The van der Waals surface area contributed by atoms with E-state index in [0.717, 1.165) is 6.26 Å². The maximum atomic E-state index is 13.9. The number of sulfone groups is 1. The molecule has 198 valence electrons. The quantitative estimate of drug-likeness (QED) is 0.476. The largest absolute Gasteiger partial charge is 0.451 e. The Balaban J connectivity index is 2.00. The highest BCUT2D eigenvalue weighted by Gasteiger charge is 2.37. The molecule has 0 aliphatic carbocycles. The van der Waals surface area contributed by atoms with E-state index in [1.807, 2.05) is 0 Å². The fourth-order valence-corrected chi connectivity index (χ4v) is 5.30. The smallest absolute Gasteiger partial charge is 0.353 e. The number of alkyl halides is 3. The number of benzene rings is 2. The van der Waals surface area contributed by atoms with Gasteiger partial charge in [0.15, 0.2) is 9.84 Å². The van der Waals surface area contributed by atoms with Crippen molar-refractivity contribution in [1.82, 2.24) is 20.0 Å². The van der Waals surface area contributed by atoms with Gasteiger partial charge in [-0.05, 0) is 36.9 Å². The predicted molar refractivity (Wildman–Crippen MR) is 132 cm³/mol. The summed E-state index contributed by atoms with van der Waals surface area (Å²) in [6, 6.07) is 11.0. The molecular weight excluding hydrogens is 531 g/mol. The van der Waals surface area contributed by atoms with E-state index in [9.17, 15) is 30.0 Å². The molecule has 1 saturated heterocycles. The Bertz CT molecular complexity index is 1500. The van der Waals surface area contributed by atoms with E-state index >= 15 is 0 Å². The van der Waals surface area contributed by atoms with Gasteiger partial charge in [-0.2, -0.15) is 13.2 Å². The Morgan fingerprint density at radius 1 is 0.865 bits per heavy atom. The first-order chi connectivity index (χ1) is 17.3. The van der Waals surface area contributed by atoms with Gasteiger partial charge in [0.1, 0.15) is 5.82 Å². The Kier molecular flexibility index (Phi) is 7.29. The molecule has 1 aliphatic heterocycles. The summed E-state index contributed by atoms with van der Waals surface area (Å²) in [5, 5.41) is 3.15. The number of piperazine rings is 1. The fraction of sp³-hybridized carbons (Fsp3) is 0.304. The summed E-state index contributed by atoms with van der Waals surface area (Å²) in [6.07, 6.45) is -3.81. The molecule has 0 bridgehead atoms. The lowest BCUT2D eigenvalue weighted by atomic mass is 9.98. The van der Waals surface area contributed by atoms with Crippen LogP contribution in [0, 0.1) is 0 Å². The van der Waals surface area contributed by atoms with E-state index < -0.39 is 31.9 Å². The molecule has 3 aromatic rings. The lowest BCUT2D eigenvalue weighted by Crippen LogP contribution is -2.44. The van der Waals surface area contributed by atoms with Gasteiger partial charge in [0.05, 0.1) is 21.0 Å². The maximum Gasteiger partial charge on any atom is 0.451 e. The maximum absolute atomic E-state index is 13.9. The second-order valence-electron chi connectivity index (χ2n) is 8.36. The number of halogens is 3. The first-order valence-electron chi connectivity index (χ1n) is 11.1. The van der Waals surface area contributed by atoms with Crippen molar-refractivity contribution in [3.05, 3.63) is 54.4 Å². The van der Waals surface area contributed by atoms with Crippen molar-refractivity contribution in [2.24, 2.45) is 0 Å². The third-order valence-corrected chi connectivity index (χ3v) is 8.40. The lowest BCUT2D eigenvalue weighted by molar-refractivity contribution is -0.144. The second-order valence-corrected chi connectivity index (χ2v) is 12.3. The first-order valence-corrected chi connectivity index (χ1v) is 14.5. The lowest BCUT2D eigenvalue weighted by Gasteiger charge is -2.31. The van der Waals surface area contributed by atoms with Gasteiger partial charge in [0.2, 0.25) is 15.8 Å². The van der Waals surface area contributed by atoms with E-state index in [-0.39, 0.29) is 32.4 Å². The average molecular weight is 556 g/mol. The van der Waals surface area contributed by atoms with E-state index in [1.165, 1.54) is 55.6 Å². The predicted octanol–water partition coefficient (Wildman–Crippen LogP) is 2.55. The van der Waals surface area contributed by atoms with Crippen LogP contribution >= 0.6 is 0 Å². The summed E-state index contributed by atoms with van der Waals surface area (Å²) >= 11 is 0. The van der Waals surface area contributed by atoms with Crippen molar-refractivity contribution in [3.8, 4) is 22.4 Å². The van der Waals surface area contributed by atoms with Crippen LogP contribution in [0.2, 0.25) is 0 Å². The minimum absolute atomic E-state index is 0.00635. The van der Waals surface area contributed by atoms with E-state index in [1.54, 1.807) is 4.90 Å². The fourth-order valence-electron chi connectivity index (χ4n) is 3.93. The molecule has 2 N–H and O–H groups in total. The molecule has 0 saturated carbocycles. The number of aromatic nitrogens is 2. The molecule has 0 radical (unpaired) electrons. The Morgan fingerprint density at radius 2 is 1.41 bits per heavy atom. The number of anilines is 1. The molecule has 2 heterocycles. The Morgan fingerprint density at radius 3 is 1.92 bits per heavy atom. The van der Waals surface area contributed by atoms with Crippen LogP contribution in [0.5, 0.6) is 0 Å². The highest BCUT2D eigenvalue weighted by Crippen LogP contribution is 2.41. The van der Waals surface area contributed by atoms with E-state index in [0.29, 0.717) is 31.7 Å². The molecule has 2 aromatic carbocycles. The van der Waals surface area contributed by atoms with Crippen LogP contribution in [-0.4, -0.2) is 66.3 Å². The normalized spacial score (nSPS) is 15.1. The SMILES string of the molecule is CNS(=O)(=O)c1ccc(-c2c(-c3ccc(S(C)(=O)=O)cc3)nc(C(F)(F)F)nc2N2CCNCC2)cc1. The summed E-state index contributed by atoms with van der Waals surface area (Å²) in [5.74, 6) is -1.28. The van der Waals surface area contributed by atoms with Gasteiger partial charge in [-0.1, -0.05) is 24.3 Å². The van der Waals surface area contributed by atoms with Gasteiger partial charge < -0.3 is 10.2 Å². The average Bonchev–Trinajstić information content (AvgIpc) is 2.87. The van der Waals surface area contributed by atoms with Crippen molar-refractivity contribution < 1.29 is 30.0 Å². The number of nitrogens with zero attached hydrogens (tertiary/aromatic N) is 3. The highest BCUT2D eigenvalue weighted by molar-refractivity contribution is 7.90. The molecule has 14 heteroatoms. The Labute approximate surface area is 212 Å². The van der Waals surface area contributed by atoms with Gasteiger partial charge in [0.25, 0.3) is 0 Å². The summed E-state index contributed by atoms with van der Waals surface area (Å²) in [7, 11) is -6.00. The summed E-state index contributed by atoms with van der Waals surface area (Å²) < 4.78 is 92.1. The molecule has 0 amide bonds. The molecule has 4 rings (SSSR count). The first kappa shape index (κ1) is 27.0. The minimum Gasteiger partial charge on any atom is -0.353 e. The van der Waals surface area contributed by atoms with Crippen LogP contribution in [0.4, 0.5) is 19.0 Å².